The molecule has 3 fully saturated rings. The Labute approximate surface area is 106 Å². The Morgan fingerprint density at radius 2 is 1.71 bits per heavy atom. The van der Waals surface area contributed by atoms with Crippen LogP contribution < -0.4 is 5.32 Å². The van der Waals surface area contributed by atoms with Crippen LogP contribution in [0.1, 0.15) is 32.1 Å². The van der Waals surface area contributed by atoms with Crippen molar-refractivity contribution in [2.24, 2.45) is 5.92 Å². The van der Waals surface area contributed by atoms with Crippen LogP contribution in [0.15, 0.2) is 0 Å². The van der Waals surface area contributed by atoms with E-state index in [9.17, 15) is 0 Å². The second-order valence-electron chi connectivity index (χ2n) is 6.13. The summed E-state index contributed by atoms with van der Waals surface area (Å²) >= 11 is 0. The van der Waals surface area contributed by atoms with E-state index in [0.29, 0.717) is 0 Å². The molecule has 2 saturated heterocycles. The normalized spacial score (nSPS) is 33.5. The van der Waals surface area contributed by atoms with Gasteiger partial charge in [0.2, 0.25) is 0 Å². The van der Waals surface area contributed by atoms with Crippen molar-refractivity contribution in [3.05, 3.63) is 0 Å². The van der Waals surface area contributed by atoms with Crippen LogP contribution in [0.2, 0.25) is 0 Å². The topological polar surface area (TPSA) is 18.5 Å². The molecule has 98 valence electrons. The van der Waals surface area contributed by atoms with Crippen LogP contribution in [0.25, 0.3) is 0 Å². The van der Waals surface area contributed by atoms with Gasteiger partial charge >= 0.3 is 0 Å². The third kappa shape index (κ3) is 3.01. The predicted octanol–water partition coefficient (Wildman–Crippen LogP) is 1.16. The molecule has 0 aromatic heterocycles. The zero-order valence-corrected chi connectivity index (χ0v) is 11.0. The number of nitrogens with zero attached hydrogens (tertiary/aromatic N) is 2. The second-order valence-corrected chi connectivity index (χ2v) is 6.13. The molecule has 3 rings (SSSR count). The van der Waals surface area contributed by atoms with Crippen molar-refractivity contribution in [1.82, 2.24) is 15.1 Å². The monoisotopic (exact) mass is 237 g/mol. The van der Waals surface area contributed by atoms with Gasteiger partial charge in [-0.1, -0.05) is 12.8 Å². The quantitative estimate of drug-likeness (QED) is 0.794. The maximum Gasteiger partial charge on any atom is 0.0233 e. The minimum absolute atomic E-state index is 0.837. The molecular formula is C14H27N3. The van der Waals surface area contributed by atoms with Crippen LogP contribution in [-0.4, -0.2) is 61.7 Å². The van der Waals surface area contributed by atoms with Crippen LogP contribution >= 0.6 is 0 Å². The standard InChI is InChI=1S/C14H27N3/c1-2-4-13(3-1)12-16-7-9-17(10-8-16)14-5-6-15-11-14/h13-15H,1-12H2. The molecule has 3 nitrogen and oxygen atoms in total. The number of nitrogens with one attached hydrogen (secondary N) is 1. The average Bonchev–Trinajstić information content (AvgIpc) is 3.01. The summed E-state index contributed by atoms with van der Waals surface area (Å²) in [7, 11) is 0. The Kier molecular flexibility index (Phi) is 3.99. The highest BCUT2D eigenvalue weighted by atomic mass is 15.3. The van der Waals surface area contributed by atoms with E-state index < -0.39 is 0 Å². The molecular weight excluding hydrogens is 210 g/mol. The van der Waals surface area contributed by atoms with E-state index in [2.05, 4.69) is 15.1 Å². The number of hydrogen-bond donors (Lipinski definition) is 1. The van der Waals surface area contributed by atoms with Crippen molar-refractivity contribution < 1.29 is 0 Å². The average molecular weight is 237 g/mol. The van der Waals surface area contributed by atoms with Crippen LogP contribution in [-0.2, 0) is 0 Å². The van der Waals surface area contributed by atoms with Crippen molar-refractivity contribution in [3.8, 4) is 0 Å². The first-order valence-corrected chi connectivity index (χ1v) is 7.59. The van der Waals surface area contributed by atoms with E-state index in [1.807, 2.05) is 0 Å². The Balaban J connectivity index is 1.40. The number of rotatable bonds is 3. The highest BCUT2D eigenvalue weighted by molar-refractivity contribution is 4.85. The fourth-order valence-electron chi connectivity index (χ4n) is 3.82. The second kappa shape index (κ2) is 5.68. The molecule has 1 unspecified atom stereocenters. The van der Waals surface area contributed by atoms with E-state index in [1.165, 1.54) is 77.9 Å². The molecule has 3 aliphatic rings. The Morgan fingerprint density at radius 1 is 0.941 bits per heavy atom. The fourth-order valence-corrected chi connectivity index (χ4v) is 3.82. The van der Waals surface area contributed by atoms with Gasteiger partial charge < -0.3 is 10.2 Å². The molecule has 0 bridgehead atoms. The van der Waals surface area contributed by atoms with Gasteiger partial charge in [0.05, 0.1) is 0 Å². The molecule has 0 aromatic rings. The van der Waals surface area contributed by atoms with E-state index in [1.54, 1.807) is 0 Å². The van der Waals surface area contributed by atoms with Crippen molar-refractivity contribution in [3.63, 3.8) is 0 Å². The summed E-state index contributed by atoms with van der Waals surface area (Å²) in [5.41, 5.74) is 0. The number of hydrogen-bond acceptors (Lipinski definition) is 3. The molecule has 1 N–H and O–H groups in total. The van der Waals surface area contributed by atoms with Gasteiger partial charge in [0.25, 0.3) is 0 Å². The van der Waals surface area contributed by atoms with Gasteiger partial charge in [-0.25, -0.2) is 0 Å². The Morgan fingerprint density at radius 3 is 2.35 bits per heavy atom. The lowest BCUT2D eigenvalue weighted by Gasteiger charge is -2.38. The summed E-state index contributed by atoms with van der Waals surface area (Å²) in [5.74, 6) is 1.02. The molecule has 0 spiro atoms. The van der Waals surface area contributed by atoms with Crippen LogP contribution in [0.4, 0.5) is 0 Å². The molecule has 1 atom stereocenters. The van der Waals surface area contributed by atoms with Gasteiger partial charge in [0.1, 0.15) is 0 Å². The van der Waals surface area contributed by atoms with Crippen LogP contribution in [0.3, 0.4) is 0 Å². The number of piperazine rings is 1. The van der Waals surface area contributed by atoms with Crippen LogP contribution in [0.5, 0.6) is 0 Å². The Bertz CT molecular complexity index is 224. The van der Waals surface area contributed by atoms with E-state index in [0.717, 1.165) is 12.0 Å². The first-order chi connectivity index (χ1) is 8.42. The summed E-state index contributed by atoms with van der Waals surface area (Å²) in [4.78, 5) is 5.43. The van der Waals surface area contributed by atoms with E-state index in [-0.39, 0.29) is 0 Å². The van der Waals surface area contributed by atoms with Gasteiger partial charge in [-0.15, -0.1) is 0 Å². The van der Waals surface area contributed by atoms with Gasteiger partial charge in [-0.05, 0) is 31.7 Å². The zero-order valence-electron chi connectivity index (χ0n) is 11.0. The highest BCUT2D eigenvalue weighted by Crippen LogP contribution is 2.26. The maximum atomic E-state index is 3.48. The SMILES string of the molecule is C1CCC(CN2CCN(C3CCNC3)CC2)C1. The first-order valence-electron chi connectivity index (χ1n) is 7.59. The highest BCUT2D eigenvalue weighted by Gasteiger charge is 2.27. The van der Waals surface area contributed by atoms with Crippen molar-refractivity contribution in [2.45, 2.75) is 38.1 Å². The molecule has 2 aliphatic heterocycles. The molecule has 2 heterocycles. The molecule has 0 aromatic carbocycles. The van der Waals surface area contributed by atoms with Crippen molar-refractivity contribution >= 4 is 0 Å². The van der Waals surface area contributed by atoms with Crippen molar-refractivity contribution in [1.29, 1.82) is 0 Å². The largest absolute Gasteiger partial charge is 0.315 e. The smallest absolute Gasteiger partial charge is 0.0233 e. The lowest BCUT2D eigenvalue weighted by molar-refractivity contribution is 0.0921. The van der Waals surface area contributed by atoms with E-state index >= 15 is 0 Å². The minimum atomic E-state index is 0.837. The third-order valence-electron chi connectivity index (χ3n) is 4.95. The maximum absolute atomic E-state index is 3.48. The van der Waals surface area contributed by atoms with Gasteiger partial charge in [-0.3, -0.25) is 4.90 Å². The van der Waals surface area contributed by atoms with Crippen LogP contribution in [0, 0.1) is 5.92 Å². The van der Waals surface area contributed by atoms with Crippen molar-refractivity contribution in [2.75, 3.05) is 45.8 Å². The third-order valence-corrected chi connectivity index (χ3v) is 4.95. The van der Waals surface area contributed by atoms with Gasteiger partial charge in [-0.2, -0.15) is 0 Å². The predicted molar refractivity (Wildman–Crippen MR) is 71.2 cm³/mol. The lowest BCUT2D eigenvalue weighted by Crippen LogP contribution is -2.51. The summed E-state index contributed by atoms with van der Waals surface area (Å²) in [6, 6.07) is 0.837. The molecule has 0 amide bonds. The molecule has 3 heteroatoms. The van der Waals surface area contributed by atoms with E-state index in [4.69, 9.17) is 0 Å². The minimum Gasteiger partial charge on any atom is -0.315 e. The summed E-state index contributed by atoms with van der Waals surface area (Å²) in [6.07, 6.45) is 7.32. The molecule has 1 aliphatic carbocycles. The van der Waals surface area contributed by atoms with Gasteiger partial charge in [0.15, 0.2) is 0 Å². The van der Waals surface area contributed by atoms with Gasteiger partial charge in [0, 0.05) is 45.3 Å². The molecule has 1 saturated carbocycles. The fraction of sp³-hybridized carbons (Fsp3) is 1.00. The summed E-state index contributed by atoms with van der Waals surface area (Å²) < 4.78 is 0. The zero-order chi connectivity index (χ0) is 11.5. The molecule has 17 heavy (non-hydrogen) atoms. The molecule has 0 radical (unpaired) electrons. The summed E-state index contributed by atoms with van der Waals surface area (Å²) in [6.45, 7) is 9.07. The Hall–Kier alpha value is -0.120. The summed E-state index contributed by atoms with van der Waals surface area (Å²) in [5, 5.41) is 3.48. The first kappa shape index (κ1) is 11.9. The lowest BCUT2D eigenvalue weighted by atomic mass is 10.1.